The fraction of sp³-hybridized carbons (Fsp3) is 0.188. The number of hydrogen-bond acceptors (Lipinski definition) is 5. The molecule has 0 radical (unpaired) electrons. The molecule has 0 aliphatic heterocycles. The molecular formula is C16H12O6S2. The fourth-order valence-electron chi connectivity index (χ4n) is 3.05. The van der Waals surface area contributed by atoms with Gasteiger partial charge in [-0.15, -0.1) is 22.7 Å². The van der Waals surface area contributed by atoms with Crippen molar-refractivity contribution in [2.75, 3.05) is 0 Å². The second-order valence-electron chi connectivity index (χ2n) is 4.92. The van der Waals surface area contributed by atoms with E-state index < -0.39 is 23.8 Å². The van der Waals surface area contributed by atoms with Gasteiger partial charge in [0.25, 0.3) is 0 Å². The molecule has 6 nitrogen and oxygen atoms in total. The summed E-state index contributed by atoms with van der Waals surface area (Å²) in [5.41, 5.74) is 1.00. The van der Waals surface area contributed by atoms with Crippen LogP contribution in [0.3, 0.4) is 0 Å². The minimum Gasteiger partial charge on any atom is -0.481 e. The molecule has 2 aromatic heterocycles. The summed E-state index contributed by atoms with van der Waals surface area (Å²) in [6, 6.07) is 0. The molecule has 4 rings (SSSR count). The van der Waals surface area contributed by atoms with Crippen LogP contribution in [0.4, 0.5) is 0 Å². The van der Waals surface area contributed by atoms with Crippen molar-refractivity contribution < 1.29 is 29.7 Å². The van der Waals surface area contributed by atoms with Crippen LogP contribution in [0.25, 0.3) is 20.2 Å². The quantitative estimate of drug-likeness (QED) is 0.646. The van der Waals surface area contributed by atoms with Crippen LogP contribution in [0.1, 0.15) is 51.6 Å². The predicted octanol–water partition coefficient (Wildman–Crippen LogP) is 4.07. The summed E-state index contributed by atoms with van der Waals surface area (Å²) in [5, 5.41) is 32.0. The van der Waals surface area contributed by atoms with Crippen LogP contribution < -0.4 is 0 Å². The fourth-order valence-corrected chi connectivity index (χ4v) is 5.33. The molecule has 1 aromatic carbocycles. The van der Waals surface area contributed by atoms with E-state index in [0.29, 0.717) is 25.9 Å². The minimum atomic E-state index is -1.22. The number of rotatable bonds is 3. The summed E-state index contributed by atoms with van der Waals surface area (Å²) >= 11 is 2.23. The molecule has 1 aliphatic rings. The van der Waals surface area contributed by atoms with E-state index in [1.807, 2.05) is 13.8 Å². The van der Waals surface area contributed by atoms with Crippen LogP contribution in [-0.2, 0) is 4.79 Å². The Balaban J connectivity index is 0.000000815. The van der Waals surface area contributed by atoms with E-state index in [2.05, 4.69) is 0 Å². The summed E-state index contributed by atoms with van der Waals surface area (Å²) < 4.78 is 0.893. The van der Waals surface area contributed by atoms with Gasteiger partial charge in [0.05, 0.1) is 15.8 Å². The zero-order valence-corrected chi connectivity index (χ0v) is 14.2. The van der Waals surface area contributed by atoms with Gasteiger partial charge in [0.2, 0.25) is 0 Å². The summed E-state index contributed by atoms with van der Waals surface area (Å²) in [7, 11) is 0. The number of carbonyl (C=O) groups is 3. The molecule has 3 aromatic rings. The lowest BCUT2D eigenvalue weighted by molar-refractivity contribution is -0.137. The Bertz CT molecular complexity index is 1030. The first kappa shape index (κ1) is 16.4. The summed E-state index contributed by atoms with van der Waals surface area (Å²) in [5.74, 6) is -4.25. The molecule has 0 fully saturated rings. The van der Waals surface area contributed by atoms with Crippen molar-refractivity contribution in [1.29, 1.82) is 0 Å². The van der Waals surface area contributed by atoms with Gasteiger partial charge in [-0.2, -0.15) is 0 Å². The van der Waals surface area contributed by atoms with E-state index in [1.165, 1.54) is 5.38 Å². The second kappa shape index (κ2) is 5.57. The lowest BCUT2D eigenvalue weighted by Crippen LogP contribution is -2.20. The number of aliphatic carboxylic acids is 1. The molecule has 0 saturated carbocycles. The third-order valence-corrected chi connectivity index (χ3v) is 5.92. The summed E-state index contributed by atoms with van der Waals surface area (Å²) in [6.45, 7) is 4.00. The smallest absolute Gasteiger partial charge is 0.337 e. The molecule has 0 bridgehead atoms. The molecule has 1 aliphatic carbocycles. The second-order valence-corrected chi connectivity index (χ2v) is 6.68. The van der Waals surface area contributed by atoms with Gasteiger partial charge in [0.15, 0.2) is 0 Å². The van der Waals surface area contributed by atoms with Crippen molar-refractivity contribution in [3.63, 3.8) is 0 Å². The predicted molar refractivity (Wildman–Crippen MR) is 92.0 cm³/mol. The van der Waals surface area contributed by atoms with E-state index in [9.17, 15) is 29.7 Å². The van der Waals surface area contributed by atoms with E-state index in [1.54, 1.807) is 5.38 Å². The zero-order chi connectivity index (χ0) is 17.8. The maximum Gasteiger partial charge on any atom is 0.337 e. The third kappa shape index (κ3) is 1.90. The van der Waals surface area contributed by atoms with Gasteiger partial charge < -0.3 is 15.3 Å². The maximum atomic E-state index is 11.6. The number of benzene rings is 1. The molecular weight excluding hydrogens is 352 g/mol. The van der Waals surface area contributed by atoms with Gasteiger partial charge >= 0.3 is 17.9 Å². The van der Waals surface area contributed by atoms with Crippen LogP contribution in [0.15, 0.2) is 10.8 Å². The molecule has 0 saturated heterocycles. The van der Waals surface area contributed by atoms with Crippen LogP contribution in [0.2, 0.25) is 0 Å². The van der Waals surface area contributed by atoms with E-state index in [4.69, 9.17) is 0 Å². The van der Waals surface area contributed by atoms with Crippen molar-refractivity contribution in [3.8, 4) is 0 Å². The zero-order valence-electron chi connectivity index (χ0n) is 12.6. The SMILES string of the molecule is CC.O=C(O)c1csc2c3c4c(csc4c(C(=O)O)c12)C3C(=O)O. The van der Waals surface area contributed by atoms with Crippen LogP contribution in [0, 0.1) is 0 Å². The molecule has 0 amide bonds. The first-order valence-corrected chi connectivity index (χ1v) is 8.87. The number of hydrogen-bond donors (Lipinski definition) is 3. The van der Waals surface area contributed by atoms with Crippen LogP contribution in [0.5, 0.6) is 0 Å². The standard InChI is InChI=1S/C14H6O6S2.C2H6/c15-12(16)4-2-22-10-6(4)9(14(19)20)11-5-3(1-21-11)7(8(5)10)13(17)18;1-2/h1-2,7H,(H,15,16)(H,17,18)(H,19,20);1-2H3. The van der Waals surface area contributed by atoms with Crippen molar-refractivity contribution in [2.45, 2.75) is 19.8 Å². The highest BCUT2D eigenvalue weighted by Crippen LogP contribution is 2.54. The number of thiophene rings is 2. The molecule has 1 unspecified atom stereocenters. The van der Waals surface area contributed by atoms with Crippen molar-refractivity contribution >= 4 is 60.8 Å². The highest BCUT2D eigenvalue weighted by Gasteiger charge is 2.41. The van der Waals surface area contributed by atoms with Gasteiger partial charge in [-0.1, -0.05) is 13.8 Å². The van der Waals surface area contributed by atoms with Gasteiger partial charge in [0, 0.05) is 20.9 Å². The third-order valence-electron chi connectivity index (χ3n) is 3.89. The van der Waals surface area contributed by atoms with Crippen LogP contribution in [-0.4, -0.2) is 33.2 Å². The topological polar surface area (TPSA) is 112 Å². The summed E-state index contributed by atoms with van der Waals surface area (Å²) in [4.78, 5) is 34.5. The monoisotopic (exact) mass is 364 g/mol. The molecule has 8 heteroatoms. The Labute approximate surface area is 143 Å². The van der Waals surface area contributed by atoms with Crippen molar-refractivity contribution in [3.05, 3.63) is 33.0 Å². The number of aromatic carboxylic acids is 2. The van der Waals surface area contributed by atoms with Gasteiger partial charge in [-0.05, 0) is 16.5 Å². The molecule has 3 N–H and O–H groups in total. The molecule has 0 spiro atoms. The average Bonchev–Trinajstić information content (AvgIpc) is 3.07. The van der Waals surface area contributed by atoms with Crippen molar-refractivity contribution in [1.82, 2.24) is 0 Å². The molecule has 124 valence electrons. The Morgan fingerprint density at radius 2 is 1.54 bits per heavy atom. The highest BCUT2D eigenvalue weighted by molar-refractivity contribution is 7.20. The lowest BCUT2D eigenvalue weighted by atomic mass is 9.77. The average molecular weight is 364 g/mol. The number of fused-ring (bicyclic) bond motifs is 2. The molecule has 1 atom stereocenters. The van der Waals surface area contributed by atoms with E-state index in [-0.39, 0.29) is 16.5 Å². The van der Waals surface area contributed by atoms with Gasteiger partial charge in [-0.3, -0.25) is 4.79 Å². The molecule has 2 heterocycles. The Hall–Kier alpha value is -2.45. The highest BCUT2D eigenvalue weighted by atomic mass is 32.1. The van der Waals surface area contributed by atoms with E-state index in [0.717, 1.165) is 22.7 Å². The van der Waals surface area contributed by atoms with E-state index >= 15 is 0 Å². The number of carboxylic acids is 3. The normalized spacial score (nSPS) is 14.8. The molecule has 24 heavy (non-hydrogen) atoms. The maximum absolute atomic E-state index is 11.6. The van der Waals surface area contributed by atoms with Gasteiger partial charge in [0.1, 0.15) is 5.92 Å². The Morgan fingerprint density at radius 1 is 0.917 bits per heavy atom. The Kier molecular flexibility index (Phi) is 3.81. The Morgan fingerprint density at radius 3 is 2.08 bits per heavy atom. The largest absolute Gasteiger partial charge is 0.481 e. The summed E-state index contributed by atoms with van der Waals surface area (Å²) in [6.07, 6.45) is 0. The first-order valence-electron chi connectivity index (χ1n) is 7.11. The first-order chi connectivity index (χ1) is 11.4. The number of carboxylic acid groups (broad SMARTS) is 3. The van der Waals surface area contributed by atoms with Gasteiger partial charge in [-0.25, -0.2) is 9.59 Å². The van der Waals surface area contributed by atoms with Crippen LogP contribution >= 0.6 is 22.7 Å². The van der Waals surface area contributed by atoms with Crippen molar-refractivity contribution in [2.24, 2.45) is 0 Å². The minimum absolute atomic E-state index is 0.0486. The lowest BCUT2D eigenvalue weighted by Gasteiger charge is -2.25.